The van der Waals surface area contributed by atoms with Crippen LogP contribution in [0.4, 0.5) is 28.4 Å². The molecule has 0 aliphatic rings. The molecule has 0 spiro atoms. The zero-order valence-electron chi connectivity index (χ0n) is 14.7. The van der Waals surface area contributed by atoms with Crippen molar-refractivity contribution in [1.82, 2.24) is 9.55 Å². The van der Waals surface area contributed by atoms with Crippen molar-refractivity contribution >= 4 is 39.7 Å². The van der Waals surface area contributed by atoms with E-state index in [2.05, 4.69) is 4.98 Å². The molecule has 0 unspecified atom stereocenters. The summed E-state index contributed by atoms with van der Waals surface area (Å²) >= 11 is 6.63. The lowest BCUT2D eigenvalue weighted by Gasteiger charge is -2.18. The highest BCUT2D eigenvalue weighted by Gasteiger charge is 2.32. The molecule has 0 N–H and O–H groups in total. The third-order valence-electron chi connectivity index (χ3n) is 3.84. The molecule has 1 aromatic carbocycles. The number of nitrogens with zero attached hydrogens (tertiary/aromatic N) is 3. The van der Waals surface area contributed by atoms with Gasteiger partial charge in [0, 0.05) is 18.5 Å². The molecule has 29 heavy (non-hydrogen) atoms. The molecule has 0 radical (unpaired) electrons. The summed E-state index contributed by atoms with van der Waals surface area (Å²) in [6, 6.07) is 6.16. The molecule has 0 atom stereocenters. The first-order chi connectivity index (χ1) is 13.6. The Bertz CT molecular complexity index is 1130. The summed E-state index contributed by atoms with van der Waals surface area (Å²) in [6.07, 6.45) is -4.03. The van der Waals surface area contributed by atoms with Gasteiger partial charge in [-0.1, -0.05) is 23.7 Å². The summed E-state index contributed by atoms with van der Waals surface area (Å²) in [6.45, 7) is 0.923. The maximum Gasteiger partial charge on any atom is 0.417 e. The van der Waals surface area contributed by atoms with Crippen LogP contribution in [0.1, 0.15) is 18.2 Å². The molecule has 0 saturated carbocycles. The largest absolute Gasteiger partial charge is 0.417 e. The number of benzene rings is 1. The van der Waals surface area contributed by atoms with Gasteiger partial charge < -0.3 is 4.57 Å². The molecule has 2 aromatic heterocycles. The number of rotatable bonds is 4. The first-order valence-electron chi connectivity index (χ1n) is 8.04. The van der Waals surface area contributed by atoms with Crippen LogP contribution < -0.4 is 10.5 Å². The number of amides is 1. The number of hydrogen-bond acceptors (Lipinski definition) is 4. The molecule has 3 rings (SSSR count). The van der Waals surface area contributed by atoms with Gasteiger partial charge in [-0.3, -0.25) is 14.5 Å². The molecular weight excluding hydrogens is 434 g/mol. The van der Waals surface area contributed by atoms with Crippen LogP contribution in [-0.2, 0) is 17.5 Å². The monoisotopic (exact) mass is 445 g/mol. The van der Waals surface area contributed by atoms with Gasteiger partial charge >= 0.3 is 6.18 Å². The van der Waals surface area contributed by atoms with Crippen molar-refractivity contribution < 1.29 is 22.4 Å². The van der Waals surface area contributed by atoms with Crippen molar-refractivity contribution in [2.75, 3.05) is 4.90 Å². The maximum absolute atomic E-state index is 14.1. The molecule has 152 valence electrons. The van der Waals surface area contributed by atoms with Gasteiger partial charge in [0.2, 0.25) is 5.91 Å². The molecule has 5 nitrogen and oxygen atoms in total. The molecule has 0 fully saturated rings. The van der Waals surface area contributed by atoms with E-state index in [1.807, 2.05) is 0 Å². The number of carbonyl (C=O) groups excluding carboxylic acids is 1. The lowest BCUT2D eigenvalue weighted by Crippen LogP contribution is -2.24. The van der Waals surface area contributed by atoms with Crippen molar-refractivity contribution in [1.29, 1.82) is 0 Å². The van der Waals surface area contributed by atoms with Gasteiger partial charge in [-0.05, 0) is 18.2 Å². The van der Waals surface area contributed by atoms with Gasteiger partial charge in [-0.2, -0.15) is 13.2 Å². The highest BCUT2D eigenvalue weighted by atomic mass is 35.5. The van der Waals surface area contributed by atoms with E-state index < -0.39 is 34.0 Å². The molecule has 1 amide bonds. The number of pyridine rings is 1. The van der Waals surface area contributed by atoms with Gasteiger partial charge in [-0.15, -0.1) is 11.3 Å². The minimum atomic E-state index is -4.68. The highest BCUT2D eigenvalue weighted by Crippen LogP contribution is 2.32. The average Bonchev–Trinajstić information content (AvgIpc) is 3.07. The zero-order chi connectivity index (χ0) is 21.3. The van der Waals surface area contributed by atoms with E-state index in [1.54, 1.807) is 6.07 Å². The minimum absolute atomic E-state index is 0.0137. The molecule has 0 bridgehead atoms. The molecule has 11 heteroatoms. The second-order valence-electron chi connectivity index (χ2n) is 5.93. The molecule has 0 aliphatic heterocycles. The van der Waals surface area contributed by atoms with Gasteiger partial charge in [0.25, 0.3) is 5.56 Å². The summed E-state index contributed by atoms with van der Waals surface area (Å²) in [5.41, 5.74) is -1.69. The van der Waals surface area contributed by atoms with Crippen LogP contribution in [0, 0.1) is 5.82 Å². The summed E-state index contributed by atoms with van der Waals surface area (Å²) in [5, 5.41) is 1.00. The van der Waals surface area contributed by atoms with Crippen molar-refractivity contribution in [2.45, 2.75) is 19.6 Å². The quantitative estimate of drug-likeness (QED) is 0.539. The topological polar surface area (TPSA) is 55.2 Å². The summed E-state index contributed by atoms with van der Waals surface area (Å²) < 4.78 is 53.8. The number of aromatic nitrogens is 2. The number of anilines is 2. The number of halogens is 5. The fraction of sp³-hybridized carbons (Fsp3) is 0.167. The predicted octanol–water partition coefficient (Wildman–Crippen LogP) is 4.85. The number of alkyl halides is 3. The third-order valence-corrected chi connectivity index (χ3v) is 4.99. The van der Waals surface area contributed by atoms with Crippen LogP contribution in [0.3, 0.4) is 0 Å². The van der Waals surface area contributed by atoms with E-state index in [1.165, 1.54) is 30.5 Å². The SMILES string of the molecule is CC(=O)N(c1nc(Cn2cc(C(F)(F)F)cc(Cl)c2=O)cs1)c1ccccc1F. The standard InChI is InChI=1S/C18H12ClF4N3O2S/c1-10(27)26(15-5-3-2-4-14(15)20)17-24-12(9-29-17)8-25-7-11(18(21,22)23)6-13(19)16(25)28/h2-7,9H,8H2,1H3. The second kappa shape index (κ2) is 7.96. The Morgan fingerprint density at radius 3 is 2.62 bits per heavy atom. The molecule has 0 aliphatic carbocycles. The Kier molecular flexibility index (Phi) is 5.76. The van der Waals surface area contributed by atoms with Gasteiger partial charge in [0.1, 0.15) is 10.8 Å². The Labute approximate surface area is 170 Å². The highest BCUT2D eigenvalue weighted by molar-refractivity contribution is 7.14. The van der Waals surface area contributed by atoms with E-state index >= 15 is 0 Å². The fourth-order valence-electron chi connectivity index (χ4n) is 2.56. The minimum Gasteiger partial charge on any atom is -0.308 e. The second-order valence-corrected chi connectivity index (χ2v) is 7.18. The van der Waals surface area contributed by atoms with Crippen molar-refractivity contribution in [3.63, 3.8) is 0 Å². The van der Waals surface area contributed by atoms with Crippen molar-refractivity contribution in [3.05, 3.63) is 74.4 Å². The number of hydrogen-bond donors (Lipinski definition) is 0. The summed E-state index contributed by atoms with van der Waals surface area (Å²) in [7, 11) is 0. The Morgan fingerprint density at radius 2 is 2.00 bits per heavy atom. The molecule has 2 heterocycles. The van der Waals surface area contributed by atoms with Crippen LogP contribution >= 0.6 is 22.9 Å². The first-order valence-corrected chi connectivity index (χ1v) is 9.30. The lowest BCUT2D eigenvalue weighted by molar-refractivity contribution is -0.138. The molecule has 0 saturated heterocycles. The van der Waals surface area contributed by atoms with E-state index in [0.29, 0.717) is 12.3 Å². The van der Waals surface area contributed by atoms with Crippen molar-refractivity contribution in [3.8, 4) is 0 Å². The van der Waals surface area contributed by atoms with Crippen LogP contribution in [0.5, 0.6) is 0 Å². The van der Waals surface area contributed by atoms with Gasteiger partial charge in [-0.25, -0.2) is 9.37 Å². The average molecular weight is 446 g/mol. The number of carbonyl (C=O) groups is 1. The Hall–Kier alpha value is -2.72. The van der Waals surface area contributed by atoms with E-state index in [-0.39, 0.29) is 23.1 Å². The van der Waals surface area contributed by atoms with E-state index in [0.717, 1.165) is 20.8 Å². The predicted molar refractivity (Wildman–Crippen MR) is 101 cm³/mol. The lowest BCUT2D eigenvalue weighted by atomic mass is 10.2. The van der Waals surface area contributed by atoms with Crippen molar-refractivity contribution in [2.24, 2.45) is 0 Å². The third kappa shape index (κ3) is 4.48. The first kappa shape index (κ1) is 21.0. The van der Waals surface area contributed by atoms with Crippen LogP contribution in [0.2, 0.25) is 5.02 Å². The number of thiazole rings is 1. The van der Waals surface area contributed by atoms with Crippen LogP contribution in [-0.4, -0.2) is 15.5 Å². The summed E-state index contributed by atoms with van der Waals surface area (Å²) in [4.78, 5) is 29.4. The van der Waals surface area contributed by atoms with Crippen LogP contribution in [0.25, 0.3) is 0 Å². The summed E-state index contributed by atoms with van der Waals surface area (Å²) in [5.74, 6) is -1.14. The Morgan fingerprint density at radius 1 is 1.31 bits per heavy atom. The number of para-hydroxylation sites is 1. The molecular formula is C18H12ClF4N3O2S. The van der Waals surface area contributed by atoms with Gasteiger partial charge in [0.15, 0.2) is 5.13 Å². The normalized spacial score (nSPS) is 11.5. The van der Waals surface area contributed by atoms with E-state index in [4.69, 9.17) is 11.6 Å². The zero-order valence-corrected chi connectivity index (χ0v) is 16.3. The van der Waals surface area contributed by atoms with E-state index in [9.17, 15) is 27.2 Å². The van der Waals surface area contributed by atoms with Crippen LogP contribution in [0.15, 0.2) is 46.7 Å². The van der Waals surface area contributed by atoms with Gasteiger partial charge in [0.05, 0.1) is 23.5 Å². The molecule has 3 aromatic rings. The maximum atomic E-state index is 14.1. The smallest absolute Gasteiger partial charge is 0.308 e. The Balaban J connectivity index is 1.97. The fourth-order valence-corrected chi connectivity index (χ4v) is 3.66.